The smallest absolute Gasteiger partial charge is 0.329 e. The van der Waals surface area contributed by atoms with Crippen LogP contribution in [0.15, 0.2) is 0 Å². The van der Waals surface area contributed by atoms with E-state index >= 15 is 0 Å². The van der Waals surface area contributed by atoms with Gasteiger partial charge in [0, 0.05) is 19.6 Å². The van der Waals surface area contributed by atoms with Crippen LogP contribution in [-0.4, -0.2) is 63.3 Å². The molecule has 0 saturated carbocycles. The second-order valence-electron chi connectivity index (χ2n) is 6.18. The number of carbonyl (C=O) groups is 2. The van der Waals surface area contributed by atoms with Gasteiger partial charge in [-0.3, -0.25) is 0 Å². The summed E-state index contributed by atoms with van der Waals surface area (Å²) >= 11 is 0. The zero-order valence-electron chi connectivity index (χ0n) is 12.2. The second kappa shape index (κ2) is 5.60. The zero-order chi connectivity index (χ0) is 14.9. The van der Waals surface area contributed by atoms with E-state index in [9.17, 15) is 19.8 Å². The number of amides is 2. The van der Waals surface area contributed by atoms with Crippen molar-refractivity contribution in [1.82, 2.24) is 9.80 Å². The molecule has 0 aromatic rings. The maximum Gasteiger partial charge on any atom is 0.329 e. The molecule has 2 atom stereocenters. The van der Waals surface area contributed by atoms with Gasteiger partial charge in [0.2, 0.25) is 0 Å². The Morgan fingerprint density at radius 2 is 1.85 bits per heavy atom. The van der Waals surface area contributed by atoms with E-state index in [1.165, 1.54) is 4.90 Å². The van der Waals surface area contributed by atoms with Crippen LogP contribution < -0.4 is 0 Å². The van der Waals surface area contributed by atoms with Crippen molar-refractivity contribution in [2.24, 2.45) is 5.92 Å². The van der Waals surface area contributed by atoms with E-state index in [2.05, 4.69) is 0 Å². The Balaban J connectivity index is 2.00. The number of carboxylic acids is 1. The summed E-state index contributed by atoms with van der Waals surface area (Å²) in [5.41, 5.74) is -1.07. The minimum Gasteiger partial charge on any atom is -0.480 e. The number of aliphatic hydroxyl groups is 1. The van der Waals surface area contributed by atoms with Crippen molar-refractivity contribution in [3.8, 4) is 0 Å². The van der Waals surface area contributed by atoms with E-state index < -0.39 is 11.5 Å². The number of aliphatic carboxylic acids is 1. The molecule has 20 heavy (non-hydrogen) atoms. The van der Waals surface area contributed by atoms with Crippen molar-refractivity contribution < 1.29 is 19.8 Å². The highest BCUT2D eigenvalue weighted by atomic mass is 16.4. The maximum absolute atomic E-state index is 12.5. The Bertz CT molecular complexity index is 391. The average Bonchev–Trinajstić information content (AvgIpc) is 2.81. The molecule has 2 saturated heterocycles. The quantitative estimate of drug-likeness (QED) is 0.796. The summed E-state index contributed by atoms with van der Waals surface area (Å²) in [4.78, 5) is 27.2. The molecule has 0 spiro atoms. The molecule has 0 aliphatic carbocycles. The van der Waals surface area contributed by atoms with E-state index in [0.29, 0.717) is 26.1 Å². The van der Waals surface area contributed by atoms with Gasteiger partial charge in [0.05, 0.1) is 6.10 Å². The summed E-state index contributed by atoms with van der Waals surface area (Å²) in [6.45, 7) is 5.12. The summed E-state index contributed by atoms with van der Waals surface area (Å²) in [5, 5.41) is 18.9. The minimum absolute atomic E-state index is 0.170. The molecule has 2 unspecified atom stereocenters. The highest BCUT2D eigenvalue weighted by Gasteiger charge is 2.47. The van der Waals surface area contributed by atoms with Crippen LogP contribution in [0.3, 0.4) is 0 Å². The summed E-state index contributed by atoms with van der Waals surface area (Å²) in [6, 6.07) is -0.170. The molecule has 2 rings (SSSR count). The fourth-order valence-electron chi connectivity index (χ4n) is 3.24. The molecule has 2 fully saturated rings. The number of nitrogens with zero attached hydrogens (tertiary/aromatic N) is 2. The first-order valence-corrected chi connectivity index (χ1v) is 7.34. The van der Waals surface area contributed by atoms with Crippen LogP contribution in [0.2, 0.25) is 0 Å². The van der Waals surface area contributed by atoms with Gasteiger partial charge in [-0.1, -0.05) is 0 Å². The Morgan fingerprint density at radius 3 is 2.35 bits per heavy atom. The van der Waals surface area contributed by atoms with Crippen LogP contribution in [0.5, 0.6) is 0 Å². The van der Waals surface area contributed by atoms with E-state index in [-0.39, 0.29) is 18.1 Å². The number of carbonyl (C=O) groups excluding carboxylic acids is 1. The molecule has 2 heterocycles. The Labute approximate surface area is 119 Å². The Kier molecular flexibility index (Phi) is 4.22. The topological polar surface area (TPSA) is 81.1 Å². The first-order valence-electron chi connectivity index (χ1n) is 7.34. The lowest BCUT2D eigenvalue weighted by Crippen LogP contribution is -2.56. The van der Waals surface area contributed by atoms with Crippen molar-refractivity contribution in [2.75, 3.05) is 19.6 Å². The molecule has 0 aromatic carbocycles. The third-order valence-corrected chi connectivity index (χ3v) is 4.83. The molecule has 2 N–H and O–H groups in total. The van der Waals surface area contributed by atoms with Gasteiger partial charge in [-0.2, -0.15) is 0 Å². The molecule has 6 heteroatoms. The monoisotopic (exact) mass is 284 g/mol. The molecule has 0 bridgehead atoms. The number of hydrogen-bond donors (Lipinski definition) is 2. The fraction of sp³-hybridized carbons (Fsp3) is 0.857. The predicted molar refractivity (Wildman–Crippen MR) is 73.4 cm³/mol. The van der Waals surface area contributed by atoms with Gasteiger partial charge in [-0.15, -0.1) is 0 Å². The van der Waals surface area contributed by atoms with Crippen LogP contribution in [0.1, 0.15) is 39.5 Å². The third kappa shape index (κ3) is 2.61. The molecule has 6 nitrogen and oxygen atoms in total. The number of hydrogen-bond acceptors (Lipinski definition) is 3. The van der Waals surface area contributed by atoms with Crippen molar-refractivity contribution in [1.29, 1.82) is 0 Å². The minimum atomic E-state index is -1.07. The first-order chi connectivity index (χ1) is 9.36. The molecule has 0 radical (unpaired) electrons. The van der Waals surface area contributed by atoms with Crippen LogP contribution in [-0.2, 0) is 4.79 Å². The molecule has 2 aliphatic heterocycles. The fourth-order valence-corrected chi connectivity index (χ4v) is 3.24. The molecule has 2 amide bonds. The van der Waals surface area contributed by atoms with Gasteiger partial charge < -0.3 is 20.0 Å². The standard InChI is InChI=1S/C14H24N2O4/c1-10(17)11-4-8-15(9-5-11)13(20)16-7-3-6-14(16,2)12(18)19/h10-11,17H,3-9H2,1-2H3,(H,18,19). The lowest BCUT2D eigenvalue weighted by Gasteiger charge is -2.39. The van der Waals surface area contributed by atoms with Crippen LogP contribution >= 0.6 is 0 Å². The molecular weight excluding hydrogens is 260 g/mol. The van der Waals surface area contributed by atoms with Gasteiger partial charge in [-0.25, -0.2) is 9.59 Å². The maximum atomic E-state index is 12.5. The van der Waals surface area contributed by atoms with Crippen LogP contribution in [0.4, 0.5) is 4.79 Å². The van der Waals surface area contributed by atoms with Crippen molar-refractivity contribution >= 4 is 12.0 Å². The summed E-state index contributed by atoms with van der Waals surface area (Å²) < 4.78 is 0. The van der Waals surface area contributed by atoms with Crippen molar-refractivity contribution in [3.63, 3.8) is 0 Å². The van der Waals surface area contributed by atoms with Gasteiger partial charge in [0.15, 0.2) is 0 Å². The summed E-state index contributed by atoms with van der Waals surface area (Å²) in [5.74, 6) is -0.689. The number of likely N-dealkylation sites (tertiary alicyclic amines) is 2. The molecular formula is C14H24N2O4. The first kappa shape index (κ1) is 15.1. The SMILES string of the molecule is CC(O)C1CCN(C(=O)N2CCCC2(C)C(=O)O)CC1. The Hall–Kier alpha value is -1.30. The lowest BCUT2D eigenvalue weighted by molar-refractivity contribution is -0.147. The average molecular weight is 284 g/mol. The molecule has 2 aliphatic rings. The van der Waals surface area contributed by atoms with E-state index in [4.69, 9.17) is 0 Å². The van der Waals surface area contributed by atoms with Crippen LogP contribution in [0.25, 0.3) is 0 Å². The van der Waals surface area contributed by atoms with E-state index in [1.54, 1.807) is 18.7 Å². The highest BCUT2D eigenvalue weighted by molar-refractivity contribution is 5.86. The number of rotatable bonds is 2. The summed E-state index contributed by atoms with van der Waals surface area (Å²) in [7, 11) is 0. The molecule has 0 aromatic heterocycles. The van der Waals surface area contributed by atoms with E-state index in [1.807, 2.05) is 0 Å². The predicted octanol–water partition coefficient (Wildman–Crippen LogP) is 1.14. The van der Waals surface area contributed by atoms with Gasteiger partial charge >= 0.3 is 12.0 Å². The lowest BCUT2D eigenvalue weighted by atomic mass is 9.92. The third-order valence-electron chi connectivity index (χ3n) is 4.83. The zero-order valence-corrected chi connectivity index (χ0v) is 12.2. The summed E-state index contributed by atoms with van der Waals surface area (Å²) in [6.07, 6.45) is 2.46. The number of urea groups is 1. The van der Waals surface area contributed by atoms with Crippen LogP contribution in [0, 0.1) is 5.92 Å². The van der Waals surface area contributed by atoms with Crippen molar-refractivity contribution in [3.05, 3.63) is 0 Å². The largest absolute Gasteiger partial charge is 0.480 e. The molecule has 114 valence electrons. The number of piperidine rings is 1. The normalized spacial score (nSPS) is 29.6. The van der Waals surface area contributed by atoms with Crippen molar-refractivity contribution in [2.45, 2.75) is 51.2 Å². The van der Waals surface area contributed by atoms with E-state index in [0.717, 1.165) is 19.3 Å². The number of aliphatic hydroxyl groups excluding tert-OH is 1. The van der Waals surface area contributed by atoms with Gasteiger partial charge in [0.1, 0.15) is 5.54 Å². The van der Waals surface area contributed by atoms with Gasteiger partial charge in [-0.05, 0) is 45.4 Å². The second-order valence-corrected chi connectivity index (χ2v) is 6.18. The Morgan fingerprint density at radius 1 is 1.25 bits per heavy atom. The van der Waals surface area contributed by atoms with Gasteiger partial charge in [0.25, 0.3) is 0 Å². The number of carboxylic acid groups (broad SMARTS) is 1. The highest BCUT2D eigenvalue weighted by Crippen LogP contribution is 2.31.